The third-order valence-electron chi connectivity index (χ3n) is 3.09. The van der Waals surface area contributed by atoms with Gasteiger partial charge in [-0.05, 0) is 6.92 Å². The van der Waals surface area contributed by atoms with Crippen molar-refractivity contribution in [1.82, 2.24) is 20.4 Å². The molecule has 1 atom stereocenters. The van der Waals surface area contributed by atoms with Crippen molar-refractivity contribution in [2.45, 2.75) is 39.2 Å². The third kappa shape index (κ3) is 2.69. The van der Waals surface area contributed by atoms with Crippen LogP contribution in [0.15, 0.2) is 4.52 Å². The molecular weight excluding hydrogens is 232 g/mol. The number of piperazine rings is 1. The number of hydrogen-bond acceptors (Lipinski definition) is 5. The molecule has 6 heteroatoms. The van der Waals surface area contributed by atoms with Crippen LogP contribution in [-0.4, -0.2) is 40.6 Å². The zero-order valence-corrected chi connectivity index (χ0v) is 11.4. The molecule has 1 aromatic rings. The summed E-state index contributed by atoms with van der Waals surface area (Å²) in [4.78, 5) is 17.8. The molecule has 0 bridgehead atoms. The van der Waals surface area contributed by atoms with Gasteiger partial charge in [0, 0.05) is 18.5 Å². The smallest absolute Gasteiger partial charge is 0.243 e. The standard InChI is InChI=1S/C12H20N4O2/c1-8(16-6-5-13-9(17)7-16)10-14-11(15-18-10)12(2,3)4/h8H,5-7H2,1-4H3,(H,13,17). The first-order valence-corrected chi connectivity index (χ1v) is 6.23. The summed E-state index contributed by atoms with van der Waals surface area (Å²) in [5.41, 5.74) is -0.124. The monoisotopic (exact) mass is 252 g/mol. The first-order valence-electron chi connectivity index (χ1n) is 6.23. The van der Waals surface area contributed by atoms with Gasteiger partial charge in [0.05, 0.1) is 12.6 Å². The molecule has 1 amide bonds. The molecule has 0 radical (unpaired) electrons. The molecule has 1 unspecified atom stereocenters. The minimum atomic E-state index is -0.124. The average molecular weight is 252 g/mol. The van der Waals surface area contributed by atoms with E-state index in [9.17, 15) is 4.79 Å². The molecule has 6 nitrogen and oxygen atoms in total. The molecule has 1 saturated heterocycles. The number of carbonyl (C=O) groups is 1. The molecule has 2 rings (SSSR count). The minimum absolute atomic E-state index is 0.0281. The van der Waals surface area contributed by atoms with Gasteiger partial charge in [-0.25, -0.2) is 0 Å². The van der Waals surface area contributed by atoms with Gasteiger partial charge in [-0.3, -0.25) is 9.69 Å². The van der Waals surface area contributed by atoms with Crippen LogP contribution in [0.1, 0.15) is 45.5 Å². The Labute approximate surface area is 107 Å². The molecule has 0 aromatic carbocycles. The van der Waals surface area contributed by atoms with Crippen molar-refractivity contribution in [1.29, 1.82) is 0 Å². The van der Waals surface area contributed by atoms with Gasteiger partial charge < -0.3 is 9.84 Å². The lowest BCUT2D eigenvalue weighted by Crippen LogP contribution is -2.48. The largest absolute Gasteiger partial charge is 0.354 e. The van der Waals surface area contributed by atoms with E-state index >= 15 is 0 Å². The van der Waals surface area contributed by atoms with E-state index in [1.54, 1.807) is 0 Å². The SMILES string of the molecule is CC(c1nc(C(C)(C)C)no1)N1CCNC(=O)C1. The second-order valence-electron chi connectivity index (χ2n) is 5.70. The van der Waals surface area contributed by atoms with Gasteiger partial charge in [0.2, 0.25) is 11.8 Å². The quantitative estimate of drug-likeness (QED) is 0.845. The van der Waals surface area contributed by atoms with Crippen molar-refractivity contribution in [3.05, 3.63) is 11.7 Å². The first-order chi connectivity index (χ1) is 8.38. The molecule has 1 aliphatic rings. The summed E-state index contributed by atoms with van der Waals surface area (Å²) in [6, 6.07) is -0.0281. The van der Waals surface area contributed by atoms with E-state index < -0.39 is 0 Å². The fraction of sp³-hybridized carbons (Fsp3) is 0.750. The Morgan fingerprint density at radius 2 is 2.17 bits per heavy atom. The highest BCUT2D eigenvalue weighted by molar-refractivity contribution is 5.78. The number of rotatable bonds is 2. The van der Waals surface area contributed by atoms with Crippen LogP contribution in [0.3, 0.4) is 0 Å². The van der Waals surface area contributed by atoms with Crippen molar-refractivity contribution < 1.29 is 9.32 Å². The van der Waals surface area contributed by atoms with Crippen LogP contribution in [0.4, 0.5) is 0 Å². The van der Waals surface area contributed by atoms with Crippen LogP contribution in [0.2, 0.25) is 0 Å². The number of nitrogens with one attached hydrogen (secondary N) is 1. The van der Waals surface area contributed by atoms with Gasteiger partial charge >= 0.3 is 0 Å². The summed E-state index contributed by atoms with van der Waals surface area (Å²) in [6.07, 6.45) is 0. The van der Waals surface area contributed by atoms with Gasteiger partial charge in [0.15, 0.2) is 5.82 Å². The van der Waals surface area contributed by atoms with Gasteiger partial charge in [0.1, 0.15) is 0 Å². The summed E-state index contributed by atoms with van der Waals surface area (Å²) in [7, 11) is 0. The minimum Gasteiger partial charge on any atom is -0.354 e. The van der Waals surface area contributed by atoms with Crippen molar-refractivity contribution in [3.8, 4) is 0 Å². The number of amides is 1. The van der Waals surface area contributed by atoms with Gasteiger partial charge in [-0.1, -0.05) is 25.9 Å². The fourth-order valence-electron chi connectivity index (χ4n) is 1.85. The Bertz CT molecular complexity index is 436. The van der Waals surface area contributed by atoms with Gasteiger partial charge in [-0.2, -0.15) is 4.98 Å². The second kappa shape index (κ2) is 4.68. The van der Waals surface area contributed by atoms with E-state index in [1.165, 1.54) is 0 Å². The van der Waals surface area contributed by atoms with Crippen molar-refractivity contribution >= 4 is 5.91 Å². The Balaban J connectivity index is 2.11. The van der Waals surface area contributed by atoms with Gasteiger partial charge in [-0.15, -0.1) is 0 Å². The average Bonchev–Trinajstić information content (AvgIpc) is 2.77. The van der Waals surface area contributed by atoms with Crippen LogP contribution in [0.25, 0.3) is 0 Å². The second-order valence-corrected chi connectivity index (χ2v) is 5.70. The molecule has 18 heavy (non-hydrogen) atoms. The summed E-state index contributed by atoms with van der Waals surface area (Å²) < 4.78 is 5.31. The van der Waals surface area contributed by atoms with Crippen LogP contribution < -0.4 is 5.32 Å². The number of hydrogen-bond donors (Lipinski definition) is 1. The first kappa shape index (κ1) is 13.0. The zero-order chi connectivity index (χ0) is 13.3. The molecule has 0 saturated carbocycles. The Morgan fingerprint density at radius 1 is 1.44 bits per heavy atom. The van der Waals surface area contributed by atoms with Gasteiger partial charge in [0.25, 0.3) is 0 Å². The highest BCUT2D eigenvalue weighted by atomic mass is 16.5. The van der Waals surface area contributed by atoms with Crippen molar-refractivity contribution in [2.24, 2.45) is 0 Å². The fourth-order valence-corrected chi connectivity index (χ4v) is 1.85. The predicted octanol–water partition coefficient (Wildman–Crippen LogP) is 0.860. The summed E-state index contributed by atoms with van der Waals surface area (Å²) >= 11 is 0. The third-order valence-corrected chi connectivity index (χ3v) is 3.09. The summed E-state index contributed by atoms with van der Waals surface area (Å²) in [5.74, 6) is 1.32. The highest BCUT2D eigenvalue weighted by Gasteiger charge is 2.28. The molecule has 0 aliphatic carbocycles. The van der Waals surface area contributed by atoms with Crippen molar-refractivity contribution in [3.63, 3.8) is 0 Å². The van der Waals surface area contributed by atoms with Crippen LogP contribution in [0.5, 0.6) is 0 Å². The molecule has 1 aliphatic heterocycles. The molecule has 1 aromatic heterocycles. The molecule has 0 spiro atoms. The number of nitrogens with zero attached hydrogens (tertiary/aromatic N) is 3. The molecule has 100 valence electrons. The van der Waals surface area contributed by atoms with Crippen LogP contribution >= 0.6 is 0 Å². The number of aromatic nitrogens is 2. The van der Waals surface area contributed by atoms with E-state index in [0.29, 0.717) is 24.8 Å². The van der Waals surface area contributed by atoms with E-state index in [4.69, 9.17) is 4.52 Å². The maximum absolute atomic E-state index is 11.4. The van der Waals surface area contributed by atoms with Crippen LogP contribution in [-0.2, 0) is 10.2 Å². The molecule has 2 heterocycles. The lowest BCUT2D eigenvalue weighted by molar-refractivity contribution is -0.125. The van der Waals surface area contributed by atoms with Crippen molar-refractivity contribution in [2.75, 3.05) is 19.6 Å². The molecule has 1 N–H and O–H groups in total. The topological polar surface area (TPSA) is 71.3 Å². The molecular formula is C12H20N4O2. The van der Waals surface area contributed by atoms with E-state index in [-0.39, 0.29) is 17.4 Å². The van der Waals surface area contributed by atoms with Crippen LogP contribution in [0, 0.1) is 0 Å². The predicted molar refractivity (Wildman–Crippen MR) is 66.0 cm³/mol. The van der Waals surface area contributed by atoms with E-state index in [0.717, 1.165) is 6.54 Å². The Morgan fingerprint density at radius 3 is 2.72 bits per heavy atom. The maximum Gasteiger partial charge on any atom is 0.243 e. The number of carbonyl (C=O) groups excluding carboxylic acids is 1. The normalized spacial score (nSPS) is 19.7. The zero-order valence-electron chi connectivity index (χ0n) is 11.4. The summed E-state index contributed by atoms with van der Waals surface area (Å²) in [6.45, 7) is 9.97. The highest BCUT2D eigenvalue weighted by Crippen LogP contribution is 2.23. The lowest BCUT2D eigenvalue weighted by atomic mass is 9.96. The maximum atomic E-state index is 11.4. The lowest BCUT2D eigenvalue weighted by Gasteiger charge is -2.29. The Hall–Kier alpha value is -1.43. The Kier molecular flexibility index (Phi) is 3.38. The summed E-state index contributed by atoms with van der Waals surface area (Å²) in [5, 5.41) is 6.81. The van der Waals surface area contributed by atoms with E-state index in [1.807, 2.05) is 32.6 Å². The van der Waals surface area contributed by atoms with E-state index in [2.05, 4.69) is 15.5 Å². The molecule has 1 fully saturated rings.